The summed E-state index contributed by atoms with van der Waals surface area (Å²) in [6.07, 6.45) is 0. The fourth-order valence-electron chi connectivity index (χ4n) is 2.61. The summed E-state index contributed by atoms with van der Waals surface area (Å²) < 4.78 is 5.93. The average Bonchev–Trinajstić information content (AvgIpc) is 2.66. The van der Waals surface area contributed by atoms with Gasteiger partial charge in [-0.3, -0.25) is 0 Å². The van der Waals surface area contributed by atoms with E-state index in [1.165, 1.54) is 6.07 Å². The Morgan fingerprint density at radius 1 is 0.964 bits per heavy atom. The van der Waals surface area contributed by atoms with Crippen LogP contribution >= 0.6 is 34.8 Å². The zero-order valence-electron chi connectivity index (χ0n) is 14.6. The molecular weight excluding hydrogens is 421 g/mol. The van der Waals surface area contributed by atoms with E-state index in [0.29, 0.717) is 34.6 Å². The van der Waals surface area contributed by atoms with Crippen LogP contribution in [-0.4, -0.2) is 11.1 Å². The number of benzene rings is 3. The van der Waals surface area contributed by atoms with E-state index in [4.69, 9.17) is 39.5 Å². The predicted molar refractivity (Wildman–Crippen MR) is 113 cm³/mol. The number of hydrogen-bond acceptors (Lipinski definition) is 3. The number of ether oxygens (including phenoxy) is 1. The highest BCUT2D eigenvalue weighted by Gasteiger charge is 2.10. The summed E-state index contributed by atoms with van der Waals surface area (Å²) in [7, 11) is 0. The number of carboxylic acid groups (broad SMARTS) is 1. The van der Waals surface area contributed by atoms with Gasteiger partial charge in [0.1, 0.15) is 12.4 Å². The highest BCUT2D eigenvalue weighted by Crippen LogP contribution is 2.26. The quantitative estimate of drug-likeness (QED) is 0.442. The second-order valence-electron chi connectivity index (χ2n) is 6.02. The van der Waals surface area contributed by atoms with Crippen LogP contribution < -0.4 is 10.1 Å². The summed E-state index contributed by atoms with van der Waals surface area (Å²) in [5.74, 6) is -0.411. The molecule has 0 heterocycles. The molecule has 0 unspecified atom stereocenters. The van der Waals surface area contributed by atoms with Gasteiger partial charge in [0.15, 0.2) is 0 Å². The zero-order valence-corrected chi connectivity index (χ0v) is 16.9. The molecular formula is C21H16Cl3NO3. The minimum absolute atomic E-state index is 0.0372. The van der Waals surface area contributed by atoms with Crippen molar-refractivity contribution in [2.75, 3.05) is 5.32 Å². The van der Waals surface area contributed by atoms with Gasteiger partial charge in [-0.1, -0.05) is 46.9 Å². The maximum atomic E-state index is 11.2. The Labute approximate surface area is 177 Å². The first-order valence-electron chi connectivity index (χ1n) is 8.35. The highest BCUT2D eigenvalue weighted by molar-refractivity contribution is 6.33. The Morgan fingerprint density at radius 3 is 2.50 bits per heavy atom. The van der Waals surface area contributed by atoms with Gasteiger partial charge in [-0.15, -0.1) is 0 Å². The topological polar surface area (TPSA) is 58.6 Å². The fourth-order valence-corrected chi connectivity index (χ4v) is 3.22. The van der Waals surface area contributed by atoms with Crippen LogP contribution in [-0.2, 0) is 13.2 Å². The van der Waals surface area contributed by atoms with Crippen LogP contribution in [0.4, 0.5) is 5.69 Å². The van der Waals surface area contributed by atoms with Crippen LogP contribution in [0.3, 0.4) is 0 Å². The minimum atomic E-state index is -1.08. The Morgan fingerprint density at radius 2 is 1.75 bits per heavy atom. The SMILES string of the molecule is O=C(O)c1cc(NCc2cc(Cl)ccc2OCc2cccc(Cl)c2)ccc1Cl. The summed E-state index contributed by atoms with van der Waals surface area (Å²) in [5, 5.41) is 13.8. The second-order valence-corrected chi connectivity index (χ2v) is 7.30. The summed E-state index contributed by atoms with van der Waals surface area (Å²) in [6, 6.07) is 17.5. The normalized spacial score (nSPS) is 10.5. The number of hydrogen-bond donors (Lipinski definition) is 2. The molecule has 0 aliphatic heterocycles. The number of aromatic carboxylic acids is 1. The van der Waals surface area contributed by atoms with Gasteiger partial charge in [0.25, 0.3) is 0 Å². The third-order valence-electron chi connectivity index (χ3n) is 3.99. The molecule has 0 aromatic heterocycles. The molecule has 4 nitrogen and oxygen atoms in total. The molecule has 0 radical (unpaired) electrons. The number of carboxylic acids is 1. The van der Waals surface area contributed by atoms with E-state index in [1.54, 1.807) is 36.4 Å². The van der Waals surface area contributed by atoms with Gasteiger partial charge in [-0.05, 0) is 54.1 Å². The lowest BCUT2D eigenvalue weighted by Gasteiger charge is -2.14. The third-order valence-corrected chi connectivity index (χ3v) is 4.79. The van der Waals surface area contributed by atoms with Gasteiger partial charge >= 0.3 is 5.97 Å². The predicted octanol–water partition coefficient (Wildman–Crippen LogP) is 6.54. The molecule has 0 saturated carbocycles. The van der Waals surface area contributed by atoms with Crippen LogP contribution in [0.2, 0.25) is 15.1 Å². The lowest BCUT2D eigenvalue weighted by molar-refractivity contribution is 0.0697. The third kappa shape index (κ3) is 5.32. The van der Waals surface area contributed by atoms with Gasteiger partial charge in [0, 0.05) is 27.8 Å². The first-order valence-corrected chi connectivity index (χ1v) is 9.48. The first kappa shape index (κ1) is 20.3. The summed E-state index contributed by atoms with van der Waals surface area (Å²) in [5.41, 5.74) is 2.45. The molecule has 7 heteroatoms. The van der Waals surface area contributed by atoms with E-state index in [1.807, 2.05) is 18.2 Å². The Hall–Kier alpha value is -2.40. The molecule has 0 aliphatic carbocycles. The summed E-state index contributed by atoms with van der Waals surface area (Å²) in [6.45, 7) is 0.755. The smallest absolute Gasteiger partial charge is 0.337 e. The Balaban J connectivity index is 1.74. The lowest BCUT2D eigenvalue weighted by atomic mass is 10.1. The fraction of sp³-hybridized carbons (Fsp3) is 0.0952. The molecule has 0 saturated heterocycles. The van der Waals surface area contributed by atoms with Crippen LogP contribution in [0.5, 0.6) is 5.75 Å². The molecule has 2 N–H and O–H groups in total. The molecule has 0 fully saturated rings. The molecule has 0 atom stereocenters. The van der Waals surface area contributed by atoms with E-state index < -0.39 is 5.97 Å². The van der Waals surface area contributed by atoms with E-state index in [2.05, 4.69) is 5.32 Å². The summed E-state index contributed by atoms with van der Waals surface area (Å²) >= 11 is 18.0. The Bertz CT molecular complexity index is 1010. The maximum absolute atomic E-state index is 11.2. The van der Waals surface area contributed by atoms with Crippen molar-refractivity contribution in [3.05, 3.63) is 92.4 Å². The number of halogens is 3. The Kier molecular flexibility index (Phi) is 6.68. The highest BCUT2D eigenvalue weighted by atomic mass is 35.5. The molecule has 144 valence electrons. The molecule has 3 aromatic carbocycles. The average molecular weight is 437 g/mol. The van der Waals surface area contributed by atoms with Crippen molar-refractivity contribution >= 4 is 46.5 Å². The minimum Gasteiger partial charge on any atom is -0.489 e. The van der Waals surface area contributed by atoms with E-state index in [0.717, 1.165) is 11.1 Å². The zero-order chi connectivity index (χ0) is 20.1. The lowest BCUT2D eigenvalue weighted by Crippen LogP contribution is -2.05. The van der Waals surface area contributed by atoms with Gasteiger partial charge in [0.05, 0.1) is 10.6 Å². The van der Waals surface area contributed by atoms with E-state index in [-0.39, 0.29) is 10.6 Å². The molecule has 3 aromatic rings. The van der Waals surface area contributed by atoms with Gasteiger partial charge in [-0.25, -0.2) is 4.79 Å². The van der Waals surface area contributed by atoms with Crippen molar-refractivity contribution in [2.45, 2.75) is 13.2 Å². The molecule has 28 heavy (non-hydrogen) atoms. The van der Waals surface area contributed by atoms with Crippen molar-refractivity contribution in [3.63, 3.8) is 0 Å². The largest absolute Gasteiger partial charge is 0.489 e. The molecule has 3 rings (SSSR count). The van der Waals surface area contributed by atoms with Crippen molar-refractivity contribution in [3.8, 4) is 5.75 Å². The first-order chi connectivity index (χ1) is 13.4. The van der Waals surface area contributed by atoms with Crippen molar-refractivity contribution < 1.29 is 14.6 Å². The van der Waals surface area contributed by atoms with Crippen LogP contribution in [0.15, 0.2) is 60.7 Å². The maximum Gasteiger partial charge on any atom is 0.337 e. The standard InChI is InChI=1S/C21H16Cl3NO3/c22-15-3-1-2-13(8-15)12-28-20-7-4-16(23)9-14(20)11-25-17-5-6-19(24)18(10-17)21(26)27/h1-10,25H,11-12H2,(H,26,27). The van der Waals surface area contributed by atoms with Crippen molar-refractivity contribution in [1.29, 1.82) is 0 Å². The molecule has 0 bridgehead atoms. The van der Waals surface area contributed by atoms with Crippen molar-refractivity contribution in [2.24, 2.45) is 0 Å². The summed E-state index contributed by atoms with van der Waals surface area (Å²) in [4.78, 5) is 11.2. The van der Waals surface area contributed by atoms with Crippen molar-refractivity contribution in [1.82, 2.24) is 0 Å². The number of nitrogens with one attached hydrogen (secondary N) is 1. The van der Waals surface area contributed by atoms with E-state index in [9.17, 15) is 9.90 Å². The molecule has 0 spiro atoms. The molecule has 0 aliphatic rings. The second kappa shape index (κ2) is 9.20. The van der Waals surface area contributed by atoms with Crippen LogP contribution in [0.25, 0.3) is 0 Å². The van der Waals surface area contributed by atoms with Crippen LogP contribution in [0.1, 0.15) is 21.5 Å². The number of anilines is 1. The van der Waals surface area contributed by atoms with Gasteiger partial charge in [0.2, 0.25) is 0 Å². The van der Waals surface area contributed by atoms with Gasteiger partial charge in [-0.2, -0.15) is 0 Å². The number of rotatable bonds is 7. The monoisotopic (exact) mass is 435 g/mol. The van der Waals surface area contributed by atoms with E-state index >= 15 is 0 Å². The van der Waals surface area contributed by atoms with Crippen LogP contribution in [0, 0.1) is 0 Å². The molecule has 0 amide bonds. The van der Waals surface area contributed by atoms with Gasteiger partial charge < -0.3 is 15.2 Å². The number of carbonyl (C=O) groups is 1.